The number of hydrogen-bond acceptors (Lipinski definition) is 4. The van der Waals surface area contributed by atoms with Crippen molar-refractivity contribution in [1.82, 2.24) is 0 Å². The van der Waals surface area contributed by atoms with Gasteiger partial charge in [-0.05, 0) is 61.5 Å². The van der Waals surface area contributed by atoms with E-state index in [1.807, 2.05) is 19.1 Å². The minimum atomic E-state index is -3.35. The summed E-state index contributed by atoms with van der Waals surface area (Å²) in [6, 6.07) is 8.74. The molecule has 0 saturated carbocycles. The minimum Gasteiger partial charge on any atom is -0.346 e. The zero-order chi connectivity index (χ0) is 22.6. The van der Waals surface area contributed by atoms with Crippen molar-refractivity contribution in [3.8, 4) is 0 Å². The van der Waals surface area contributed by atoms with Gasteiger partial charge in [0.15, 0.2) is 15.6 Å². The summed E-state index contributed by atoms with van der Waals surface area (Å²) in [5.74, 6) is 0.750. The molecule has 0 N–H and O–H groups in total. The highest BCUT2D eigenvalue weighted by molar-refractivity contribution is 7.91. The SMILES string of the molecule is C=C[C@@H](C)CC[C@@H]1O[C@@]2(CC[C@H]1C)CC[C@H](C)[C@H]([C@H](C)CS(=O)(=O)c1ccccc1)O2. The van der Waals surface area contributed by atoms with E-state index in [4.69, 9.17) is 9.47 Å². The van der Waals surface area contributed by atoms with Gasteiger partial charge in [0.2, 0.25) is 0 Å². The Morgan fingerprint density at radius 1 is 1.10 bits per heavy atom. The maximum absolute atomic E-state index is 12.9. The molecule has 0 aliphatic carbocycles. The number of benzene rings is 1. The number of ether oxygens (including phenoxy) is 2. The van der Waals surface area contributed by atoms with Crippen molar-refractivity contribution >= 4 is 9.84 Å². The Hall–Kier alpha value is -1.17. The Morgan fingerprint density at radius 2 is 1.74 bits per heavy atom. The van der Waals surface area contributed by atoms with Crippen LogP contribution in [0.1, 0.15) is 66.2 Å². The molecule has 1 aromatic carbocycles. The zero-order valence-corrected chi connectivity index (χ0v) is 20.4. The van der Waals surface area contributed by atoms with Crippen molar-refractivity contribution in [3.05, 3.63) is 43.0 Å². The highest BCUT2D eigenvalue weighted by atomic mass is 32.2. The van der Waals surface area contributed by atoms with Gasteiger partial charge in [-0.3, -0.25) is 0 Å². The summed E-state index contributed by atoms with van der Waals surface area (Å²) in [6.07, 6.45) is 8.04. The van der Waals surface area contributed by atoms with Gasteiger partial charge in [-0.25, -0.2) is 8.42 Å². The van der Waals surface area contributed by atoms with E-state index >= 15 is 0 Å². The van der Waals surface area contributed by atoms with Crippen LogP contribution in [0.15, 0.2) is 47.9 Å². The topological polar surface area (TPSA) is 52.6 Å². The fourth-order valence-electron chi connectivity index (χ4n) is 5.12. The summed E-state index contributed by atoms with van der Waals surface area (Å²) < 4.78 is 39.2. The van der Waals surface area contributed by atoms with Gasteiger partial charge in [-0.2, -0.15) is 0 Å². The highest BCUT2D eigenvalue weighted by Crippen LogP contribution is 2.45. The summed E-state index contributed by atoms with van der Waals surface area (Å²) in [5.41, 5.74) is 0. The molecule has 174 valence electrons. The third-order valence-corrected chi connectivity index (χ3v) is 9.28. The van der Waals surface area contributed by atoms with E-state index in [0.29, 0.717) is 22.6 Å². The fourth-order valence-corrected chi connectivity index (χ4v) is 6.77. The molecule has 2 saturated heterocycles. The number of allylic oxidation sites excluding steroid dienone is 1. The van der Waals surface area contributed by atoms with Crippen molar-refractivity contribution in [1.29, 1.82) is 0 Å². The van der Waals surface area contributed by atoms with Crippen LogP contribution in [0.5, 0.6) is 0 Å². The van der Waals surface area contributed by atoms with Gasteiger partial charge in [0.1, 0.15) is 0 Å². The second kappa shape index (κ2) is 10.2. The molecule has 1 spiro atoms. The first-order valence-corrected chi connectivity index (χ1v) is 13.6. The van der Waals surface area contributed by atoms with Crippen LogP contribution >= 0.6 is 0 Å². The van der Waals surface area contributed by atoms with Crippen molar-refractivity contribution < 1.29 is 17.9 Å². The van der Waals surface area contributed by atoms with Crippen molar-refractivity contribution in [2.75, 3.05) is 5.75 Å². The van der Waals surface area contributed by atoms with Crippen LogP contribution < -0.4 is 0 Å². The van der Waals surface area contributed by atoms with Crippen LogP contribution in [0.3, 0.4) is 0 Å². The van der Waals surface area contributed by atoms with Gasteiger partial charge in [0, 0.05) is 12.8 Å². The predicted octanol–water partition coefficient (Wildman–Crippen LogP) is 6.03. The summed E-state index contributed by atoms with van der Waals surface area (Å²) in [4.78, 5) is 0.388. The Balaban J connectivity index is 1.69. The molecule has 7 atom stereocenters. The Kier molecular flexibility index (Phi) is 8.04. The minimum absolute atomic E-state index is 0.0960. The third-order valence-electron chi connectivity index (χ3n) is 7.33. The monoisotopic (exact) mass is 448 g/mol. The average Bonchev–Trinajstić information content (AvgIpc) is 2.76. The van der Waals surface area contributed by atoms with E-state index in [-0.39, 0.29) is 23.9 Å². The van der Waals surface area contributed by atoms with E-state index < -0.39 is 15.6 Å². The zero-order valence-electron chi connectivity index (χ0n) is 19.6. The van der Waals surface area contributed by atoms with E-state index in [9.17, 15) is 8.42 Å². The molecule has 0 aromatic heterocycles. The first-order valence-electron chi connectivity index (χ1n) is 11.9. The summed E-state index contributed by atoms with van der Waals surface area (Å²) in [6.45, 7) is 12.6. The van der Waals surface area contributed by atoms with Crippen LogP contribution in [0.2, 0.25) is 0 Å². The molecular formula is C26H40O4S. The molecule has 1 aromatic rings. The van der Waals surface area contributed by atoms with Gasteiger partial charge in [0.05, 0.1) is 22.9 Å². The van der Waals surface area contributed by atoms with Gasteiger partial charge < -0.3 is 9.47 Å². The summed E-state index contributed by atoms with van der Waals surface area (Å²) in [7, 11) is -3.35. The van der Waals surface area contributed by atoms with Gasteiger partial charge in [-0.15, -0.1) is 6.58 Å². The lowest BCUT2D eigenvalue weighted by Gasteiger charge is -2.51. The first kappa shape index (κ1) is 24.5. The molecule has 2 fully saturated rings. The van der Waals surface area contributed by atoms with Gasteiger partial charge in [0.25, 0.3) is 0 Å². The molecule has 4 nitrogen and oxygen atoms in total. The van der Waals surface area contributed by atoms with Gasteiger partial charge >= 0.3 is 0 Å². The van der Waals surface area contributed by atoms with Crippen molar-refractivity contribution in [2.24, 2.45) is 23.7 Å². The van der Waals surface area contributed by atoms with E-state index in [1.165, 1.54) is 0 Å². The van der Waals surface area contributed by atoms with Crippen molar-refractivity contribution in [2.45, 2.75) is 89.1 Å². The van der Waals surface area contributed by atoms with E-state index in [0.717, 1.165) is 38.5 Å². The molecule has 2 aliphatic rings. The predicted molar refractivity (Wildman–Crippen MR) is 126 cm³/mol. The maximum Gasteiger partial charge on any atom is 0.178 e. The lowest BCUT2D eigenvalue weighted by molar-refractivity contribution is -0.336. The third kappa shape index (κ3) is 6.00. The average molecular weight is 449 g/mol. The Bertz CT molecular complexity index is 817. The molecule has 5 heteroatoms. The largest absolute Gasteiger partial charge is 0.346 e. The lowest BCUT2D eigenvalue weighted by Crippen LogP contribution is -2.54. The summed E-state index contributed by atoms with van der Waals surface area (Å²) in [5, 5.41) is 0. The molecule has 31 heavy (non-hydrogen) atoms. The van der Waals surface area contributed by atoms with Crippen LogP contribution in [-0.2, 0) is 19.3 Å². The molecule has 3 rings (SSSR count). The second-order valence-electron chi connectivity index (χ2n) is 10.0. The Morgan fingerprint density at radius 3 is 2.39 bits per heavy atom. The lowest BCUT2D eigenvalue weighted by atomic mass is 9.81. The van der Waals surface area contributed by atoms with E-state index in [1.54, 1.807) is 24.3 Å². The molecule has 0 radical (unpaired) electrons. The summed E-state index contributed by atoms with van der Waals surface area (Å²) >= 11 is 0. The van der Waals surface area contributed by atoms with Crippen LogP contribution in [0.4, 0.5) is 0 Å². The quantitative estimate of drug-likeness (QED) is 0.456. The molecule has 2 aliphatic heterocycles. The molecule has 0 amide bonds. The Labute approximate surface area is 189 Å². The molecule has 0 unspecified atom stereocenters. The first-order chi connectivity index (χ1) is 14.7. The van der Waals surface area contributed by atoms with E-state index in [2.05, 4.69) is 27.4 Å². The van der Waals surface area contributed by atoms with Crippen LogP contribution in [0.25, 0.3) is 0 Å². The maximum atomic E-state index is 12.9. The normalized spacial score (nSPS) is 33.7. The molecule has 0 bridgehead atoms. The fraction of sp³-hybridized carbons (Fsp3) is 0.692. The highest BCUT2D eigenvalue weighted by Gasteiger charge is 2.47. The molecule has 2 heterocycles. The van der Waals surface area contributed by atoms with Crippen LogP contribution in [-0.4, -0.2) is 32.2 Å². The smallest absolute Gasteiger partial charge is 0.178 e. The number of rotatable bonds is 8. The van der Waals surface area contributed by atoms with Crippen LogP contribution in [0, 0.1) is 23.7 Å². The number of sulfone groups is 1. The standard InChI is InChI=1S/C26H40O4S/c1-6-19(2)12-13-24-20(3)14-16-26(29-24)17-15-21(4)25(30-26)22(5)18-31(27,28)23-10-8-7-9-11-23/h6-11,19-22,24-25H,1,12-18H2,2-5H3/t19-,20-,21+,22-,24+,25-,26-/m1/s1. The number of hydrogen-bond donors (Lipinski definition) is 0. The van der Waals surface area contributed by atoms with Gasteiger partial charge in [-0.1, -0.05) is 52.0 Å². The van der Waals surface area contributed by atoms with Crippen molar-refractivity contribution in [3.63, 3.8) is 0 Å². The second-order valence-corrected chi connectivity index (χ2v) is 12.1. The molecular weight excluding hydrogens is 408 g/mol.